The van der Waals surface area contributed by atoms with E-state index in [0.717, 1.165) is 5.52 Å². The van der Waals surface area contributed by atoms with Gasteiger partial charge < -0.3 is 14.5 Å². The molecule has 0 unspecified atom stereocenters. The number of anilines is 1. The highest BCUT2D eigenvalue weighted by Crippen LogP contribution is 2.29. The number of amides is 1. The van der Waals surface area contributed by atoms with Crippen LogP contribution in [0.4, 0.5) is 14.7 Å². The third kappa shape index (κ3) is 3.27. The number of methoxy groups -OCH3 is 1. The molecule has 0 bridgehead atoms. The van der Waals surface area contributed by atoms with Crippen molar-refractivity contribution in [3.8, 4) is 11.5 Å². The van der Waals surface area contributed by atoms with Gasteiger partial charge in [-0.2, -0.15) is 8.78 Å². The zero-order valence-electron chi connectivity index (χ0n) is 12.5. The molecule has 0 aliphatic rings. The van der Waals surface area contributed by atoms with E-state index in [0.29, 0.717) is 5.52 Å². The Labute approximate surface area is 135 Å². The molecule has 0 saturated carbocycles. The van der Waals surface area contributed by atoms with Crippen LogP contribution < -0.4 is 14.8 Å². The van der Waals surface area contributed by atoms with Gasteiger partial charge in [-0.25, -0.2) is 4.98 Å². The first kappa shape index (κ1) is 15.7. The number of alkyl halides is 2. The van der Waals surface area contributed by atoms with E-state index in [4.69, 9.17) is 4.74 Å². The van der Waals surface area contributed by atoms with Crippen molar-refractivity contribution in [2.75, 3.05) is 12.4 Å². The maximum absolute atomic E-state index is 12.4. The molecule has 3 aromatic rings. The van der Waals surface area contributed by atoms with Crippen molar-refractivity contribution in [1.29, 1.82) is 0 Å². The number of hydrogen-bond acceptors (Lipinski definition) is 4. The maximum Gasteiger partial charge on any atom is 0.387 e. The van der Waals surface area contributed by atoms with Crippen molar-refractivity contribution in [2.45, 2.75) is 6.61 Å². The SMILES string of the molecule is COc1ccc(C(=O)Nc2nc3ccccc3[nH]2)cc1OC(F)F. The summed E-state index contributed by atoms with van der Waals surface area (Å²) in [6.07, 6.45) is 0. The molecular weight excluding hydrogens is 320 g/mol. The number of aromatic amines is 1. The lowest BCUT2D eigenvalue weighted by atomic mass is 10.2. The normalized spacial score (nSPS) is 10.8. The van der Waals surface area contributed by atoms with E-state index >= 15 is 0 Å². The number of halogens is 2. The second-order valence-corrected chi connectivity index (χ2v) is 4.80. The highest BCUT2D eigenvalue weighted by atomic mass is 19.3. The average molecular weight is 333 g/mol. The standard InChI is InChI=1S/C16H13F2N3O3/c1-23-12-7-6-9(8-13(12)24-15(17)18)14(22)21-16-19-10-4-2-3-5-11(10)20-16/h2-8,15H,1H3,(H2,19,20,21,22). The number of nitrogens with zero attached hydrogens (tertiary/aromatic N) is 1. The number of benzene rings is 2. The summed E-state index contributed by atoms with van der Waals surface area (Å²) < 4.78 is 34.2. The first-order valence-corrected chi connectivity index (χ1v) is 6.96. The summed E-state index contributed by atoms with van der Waals surface area (Å²) in [6.45, 7) is -3.02. The van der Waals surface area contributed by atoms with Crippen molar-refractivity contribution in [2.24, 2.45) is 0 Å². The van der Waals surface area contributed by atoms with Gasteiger partial charge in [-0.3, -0.25) is 10.1 Å². The predicted molar refractivity (Wildman–Crippen MR) is 83.7 cm³/mol. The number of imidazole rings is 1. The molecule has 124 valence electrons. The molecular formula is C16H13F2N3O3. The monoisotopic (exact) mass is 333 g/mol. The van der Waals surface area contributed by atoms with E-state index in [9.17, 15) is 13.6 Å². The lowest BCUT2D eigenvalue weighted by Crippen LogP contribution is -2.13. The number of para-hydroxylation sites is 2. The molecule has 0 aliphatic heterocycles. The average Bonchev–Trinajstić information content (AvgIpc) is 2.96. The third-order valence-corrected chi connectivity index (χ3v) is 3.26. The minimum Gasteiger partial charge on any atom is -0.493 e. The fourth-order valence-corrected chi connectivity index (χ4v) is 2.20. The van der Waals surface area contributed by atoms with Gasteiger partial charge in [0.05, 0.1) is 18.1 Å². The van der Waals surface area contributed by atoms with Crippen LogP contribution in [-0.4, -0.2) is 29.6 Å². The summed E-state index contributed by atoms with van der Waals surface area (Å²) in [4.78, 5) is 19.4. The number of rotatable bonds is 5. The topological polar surface area (TPSA) is 76.2 Å². The molecule has 2 N–H and O–H groups in total. The molecule has 0 atom stereocenters. The predicted octanol–water partition coefficient (Wildman–Crippen LogP) is 3.43. The van der Waals surface area contributed by atoms with E-state index < -0.39 is 12.5 Å². The van der Waals surface area contributed by atoms with Crippen molar-refractivity contribution in [1.82, 2.24) is 9.97 Å². The second-order valence-electron chi connectivity index (χ2n) is 4.80. The molecule has 24 heavy (non-hydrogen) atoms. The van der Waals surface area contributed by atoms with E-state index in [1.807, 2.05) is 18.2 Å². The van der Waals surface area contributed by atoms with Crippen molar-refractivity contribution in [3.63, 3.8) is 0 Å². The van der Waals surface area contributed by atoms with E-state index in [1.54, 1.807) is 6.07 Å². The summed E-state index contributed by atoms with van der Waals surface area (Å²) in [7, 11) is 1.32. The molecule has 0 aliphatic carbocycles. The van der Waals surface area contributed by atoms with Gasteiger partial charge in [-0.05, 0) is 30.3 Å². The Bertz CT molecular complexity index is 847. The molecule has 1 aromatic heterocycles. The minimum absolute atomic E-state index is 0.107. The fourth-order valence-electron chi connectivity index (χ4n) is 2.20. The lowest BCUT2D eigenvalue weighted by molar-refractivity contribution is -0.0512. The van der Waals surface area contributed by atoms with Gasteiger partial charge in [0.1, 0.15) is 0 Å². The summed E-state index contributed by atoms with van der Waals surface area (Å²) >= 11 is 0. The summed E-state index contributed by atoms with van der Waals surface area (Å²) in [5.74, 6) is -0.371. The third-order valence-electron chi connectivity index (χ3n) is 3.26. The van der Waals surface area contributed by atoms with Crippen molar-refractivity contribution in [3.05, 3.63) is 48.0 Å². The zero-order valence-corrected chi connectivity index (χ0v) is 12.5. The van der Waals surface area contributed by atoms with Gasteiger partial charge >= 0.3 is 6.61 Å². The van der Waals surface area contributed by atoms with Crippen LogP contribution in [0.15, 0.2) is 42.5 Å². The number of aromatic nitrogens is 2. The molecule has 1 heterocycles. The van der Waals surface area contributed by atoms with Gasteiger partial charge in [0.2, 0.25) is 5.95 Å². The first-order valence-electron chi connectivity index (χ1n) is 6.96. The van der Waals surface area contributed by atoms with Crippen LogP contribution in [0.5, 0.6) is 11.5 Å². The minimum atomic E-state index is -3.02. The van der Waals surface area contributed by atoms with E-state index in [2.05, 4.69) is 20.0 Å². The van der Waals surface area contributed by atoms with Gasteiger partial charge in [0.15, 0.2) is 11.5 Å². The van der Waals surface area contributed by atoms with Crippen LogP contribution in [0.2, 0.25) is 0 Å². The molecule has 0 spiro atoms. The zero-order chi connectivity index (χ0) is 17.1. The Hall–Kier alpha value is -3.16. The maximum atomic E-state index is 12.4. The number of carbonyl (C=O) groups is 1. The fraction of sp³-hybridized carbons (Fsp3) is 0.125. The molecule has 0 saturated heterocycles. The number of nitrogens with one attached hydrogen (secondary N) is 2. The van der Waals surface area contributed by atoms with Gasteiger partial charge in [-0.15, -0.1) is 0 Å². The van der Waals surface area contributed by atoms with Crippen LogP contribution in [0, 0.1) is 0 Å². The van der Waals surface area contributed by atoms with Gasteiger partial charge in [0.25, 0.3) is 5.91 Å². The van der Waals surface area contributed by atoms with Crippen molar-refractivity contribution >= 4 is 22.9 Å². The Kier molecular flexibility index (Phi) is 4.28. The highest BCUT2D eigenvalue weighted by Gasteiger charge is 2.15. The molecule has 6 nitrogen and oxygen atoms in total. The quantitative estimate of drug-likeness (QED) is 0.750. The Morgan fingerprint density at radius 1 is 1.21 bits per heavy atom. The number of H-pyrrole nitrogens is 1. The van der Waals surface area contributed by atoms with Gasteiger partial charge in [0, 0.05) is 5.56 Å². The smallest absolute Gasteiger partial charge is 0.387 e. The molecule has 1 amide bonds. The summed E-state index contributed by atoms with van der Waals surface area (Å²) in [6, 6.07) is 11.3. The van der Waals surface area contributed by atoms with Crippen LogP contribution >= 0.6 is 0 Å². The van der Waals surface area contributed by atoms with Gasteiger partial charge in [-0.1, -0.05) is 12.1 Å². The number of carbonyl (C=O) groups excluding carboxylic acids is 1. The molecule has 3 rings (SSSR count). The highest BCUT2D eigenvalue weighted by molar-refractivity contribution is 6.04. The largest absolute Gasteiger partial charge is 0.493 e. The first-order chi connectivity index (χ1) is 11.6. The van der Waals surface area contributed by atoms with Crippen LogP contribution in [-0.2, 0) is 0 Å². The van der Waals surface area contributed by atoms with E-state index in [-0.39, 0.29) is 23.0 Å². The van der Waals surface area contributed by atoms with Crippen LogP contribution in [0.25, 0.3) is 11.0 Å². The van der Waals surface area contributed by atoms with Crippen LogP contribution in [0.3, 0.4) is 0 Å². The number of fused-ring (bicyclic) bond motifs is 1. The Morgan fingerprint density at radius 2 is 2.00 bits per heavy atom. The van der Waals surface area contributed by atoms with Crippen LogP contribution in [0.1, 0.15) is 10.4 Å². The van der Waals surface area contributed by atoms with E-state index in [1.165, 1.54) is 25.3 Å². The molecule has 0 radical (unpaired) electrons. The Balaban J connectivity index is 1.83. The number of ether oxygens (including phenoxy) is 2. The molecule has 8 heteroatoms. The summed E-state index contributed by atoms with van der Waals surface area (Å²) in [5.41, 5.74) is 1.60. The second kappa shape index (κ2) is 6.53. The Morgan fingerprint density at radius 3 is 2.71 bits per heavy atom. The summed E-state index contributed by atoms with van der Waals surface area (Å²) in [5, 5.41) is 2.58. The number of hydrogen-bond donors (Lipinski definition) is 2. The molecule has 2 aromatic carbocycles. The van der Waals surface area contributed by atoms with Crippen molar-refractivity contribution < 1.29 is 23.0 Å². The molecule has 0 fully saturated rings. The lowest BCUT2D eigenvalue weighted by Gasteiger charge is -2.11.